The van der Waals surface area contributed by atoms with Gasteiger partial charge in [-0.3, -0.25) is 0 Å². The van der Waals surface area contributed by atoms with Crippen LogP contribution in [0.25, 0.3) is 55.6 Å². The van der Waals surface area contributed by atoms with Crippen LogP contribution in [0.4, 0.5) is 45.5 Å². The molecular weight excluding hydrogens is 1290 g/mol. The van der Waals surface area contributed by atoms with Crippen LogP contribution in [0.1, 0.15) is 220 Å². The molecule has 3 heteroatoms. The van der Waals surface area contributed by atoms with Crippen LogP contribution in [0.3, 0.4) is 0 Å². The first-order chi connectivity index (χ1) is 52.5. The van der Waals surface area contributed by atoms with Crippen LogP contribution < -0.4 is 15.1 Å². The van der Waals surface area contributed by atoms with E-state index in [1.165, 1.54) is 243 Å². The number of anilines is 8. The molecule has 12 aromatic carbocycles. The van der Waals surface area contributed by atoms with Crippen LogP contribution in [-0.4, -0.2) is 0 Å². The first-order valence-electron chi connectivity index (χ1n) is 41.2. The Hall–Kier alpha value is -9.96. The Kier molecular flexibility index (Phi) is 22.1. The monoisotopic (exact) mass is 1400 g/mol. The summed E-state index contributed by atoms with van der Waals surface area (Å²) < 4.78 is 0. The highest BCUT2D eigenvalue weighted by molar-refractivity contribution is 5.92. The Balaban J connectivity index is 0.834. The van der Waals surface area contributed by atoms with E-state index in [0.717, 1.165) is 49.2 Å². The van der Waals surface area contributed by atoms with Crippen LogP contribution in [0, 0.1) is 6.92 Å². The summed E-state index contributed by atoms with van der Waals surface area (Å²) >= 11 is 0. The van der Waals surface area contributed by atoms with Gasteiger partial charge < -0.3 is 15.1 Å². The number of rotatable bonds is 33. The Morgan fingerprint density at radius 1 is 0.290 bits per heavy atom. The second-order valence-electron chi connectivity index (χ2n) is 32.1. The SMILES string of the molecule is CCCCCCC1(CCCCCC)c2cc(Nc3ccccc3)ccc2-c2ccc(N(c3cccc(-c4ccc5c(c4)CC5)c3)c3ccc4c(c3)C(CCCCCC)(CCCCCC)c3cc(N(c5ccccc5)c5ccc(-c6ccc(C(C)(C)c7ccc(-c8ccc(C)cc8)cc7)cc6)cc5)ccc3-4)cc21. The molecule has 0 saturated heterocycles. The molecule has 0 heterocycles. The van der Waals surface area contributed by atoms with Gasteiger partial charge in [0.25, 0.3) is 0 Å². The number of fused-ring (bicyclic) bond motifs is 7. The third kappa shape index (κ3) is 15.0. The summed E-state index contributed by atoms with van der Waals surface area (Å²) in [6.45, 7) is 16.3. The van der Waals surface area contributed by atoms with Crippen molar-refractivity contribution in [2.45, 2.75) is 206 Å². The molecule has 0 aromatic heterocycles. The number of para-hydroxylation sites is 2. The van der Waals surface area contributed by atoms with Crippen molar-refractivity contribution in [3.8, 4) is 55.6 Å². The van der Waals surface area contributed by atoms with E-state index in [-0.39, 0.29) is 16.2 Å². The van der Waals surface area contributed by atoms with Gasteiger partial charge >= 0.3 is 0 Å². The van der Waals surface area contributed by atoms with Crippen molar-refractivity contribution < 1.29 is 0 Å². The zero-order valence-corrected chi connectivity index (χ0v) is 64.9. The second-order valence-corrected chi connectivity index (χ2v) is 32.1. The molecule has 1 N–H and O–H groups in total. The molecule has 0 amide bonds. The number of nitrogens with zero attached hydrogens (tertiary/aromatic N) is 2. The zero-order chi connectivity index (χ0) is 73.3. The molecule has 0 spiro atoms. The topological polar surface area (TPSA) is 18.5 Å². The van der Waals surface area contributed by atoms with Gasteiger partial charge in [-0.15, -0.1) is 0 Å². The van der Waals surface area contributed by atoms with Crippen molar-refractivity contribution in [3.05, 3.63) is 323 Å². The molecule has 3 aliphatic rings. The Morgan fingerprint density at radius 3 is 1.10 bits per heavy atom. The fourth-order valence-corrected chi connectivity index (χ4v) is 18.4. The molecule has 0 bridgehead atoms. The van der Waals surface area contributed by atoms with E-state index in [1.54, 1.807) is 0 Å². The van der Waals surface area contributed by atoms with Crippen LogP contribution in [-0.2, 0) is 29.1 Å². The summed E-state index contributed by atoms with van der Waals surface area (Å²) in [7, 11) is 0. The predicted molar refractivity (Wildman–Crippen MR) is 460 cm³/mol. The van der Waals surface area contributed by atoms with Crippen molar-refractivity contribution in [2.75, 3.05) is 15.1 Å². The third-order valence-electron chi connectivity index (χ3n) is 24.7. The van der Waals surface area contributed by atoms with E-state index < -0.39 is 0 Å². The number of benzene rings is 12. The molecule has 0 radical (unpaired) electrons. The van der Waals surface area contributed by atoms with Crippen molar-refractivity contribution in [3.63, 3.8) is 0 Å². The molecule has 0 unspecified atom stereocenters. The van der Waals surface area contributed by atoms with E-state index in [2.05, 4.69) is 337 Å². The van der Waals surface area contributed by atoms with Crippen molar-refractivity contribution in [1.29, 1.82) is 0 Å². The highest BCUT2D eigenvalue weighted by atomic mass is 15.1. The average molecular weight is 1400 g/mol. The Bertz CT molecular complexity index is 4960. The summed E-state index contributed by atoms with van der Waals surface area (Å²) in [4.78, 5) is 5.19. The number of unbranched alkanes of at least 4 members (excludes halogenated alkanes) is 12. The van der Waals surface area contributed by atoms with E-state index in [1.807, 2.05) is 0 Å². The average Bonchev–Trinajstić information content (AvgIpc) is 1.56. The minimum Gasteiger partial charge on any atom is -0.356 e. The predicted octanol–water partition coefficient (Wildman–Crippen LogP) is 30.5. The summed E-state index contributed by atoms with van der Waals surface area (Å²) in [6.07, 6.45) is 26.4. The van der Waals surface area contributed by atoms with E-state index >= 15 is 0 Å². The molecule has 107 heavy (non-hydrogen) atoms. The van der Waals surface area contributed by atoms with Gasteiger partial charge in [0.2, 0.25) is 0 Å². The van der Waals surface area contributed by atoms with Gasteiger partial charge in [-0.05, 0) is 243 Å². The molecular formula is C104H111N3. The summed E-state index contributed by atoms with van der Waals surface area (Å²) in [5.74, 6) is 0. The van der Waals surface area contributed by atoms with Crippen LogP contribution >= 0.6 is 0 Å². The third-order valence-corrected chi connectivity index (χ3v) is 24.7. The fourth-order valence-electron chi connectivity index (χ4n) is 18.4. The van der Waals surface area contributed by atoms with Gasteiger partial charge in [0.1, 0.15) is 0 Å². The highest BCUT2D eigenvalue weighted by Crippen LogP contribution is 2.60. The highest BCUT2D eigenvalue weighted by Gasteiger charge is 2.45. The molecule has 0 aliphatic heterocycles. The first-order valence-corrected chi connectivity index (χ1v) is 41.2. The zero-order valence-electron chi connectivity index (χ0n) is 64.9. The summed E-state index contributed by atoms with van der Waals surface area (Å²) in [5, 5.41) is 3.86. The lowest BCUT2D eigenvalue weighted by molar-refractivity contribution is 0.401. The van der Waals surface area contributed by atoms with Gasteiger partial charge in [-0.1, -0.05) is 326 Å². The quantitative estimate of drug-likeness (QED) is 0.0414. The van der Waals surface area contributed by atoms with Gasteiger partial charge in [-0.25, -0.2) is 0 Å². The number of hydrogen-bond donors (Lipinski definition) is 1. The molecule has 0 fully saturated rings. The lowest BCUT2D eigenvalue weighted by atomic mass is 9.70. The Morgan fingerprint density at radius 2 is 0.654 bits per heavy atom. The lowest BCUT2D eigenvalue weighted by Crippen LogP contribution is -2.27. The number of nitrogens with one attached hydrogen (secondary N) is 1. The maximum absolute atomic E-state index is 3.86. The van der Waals surface area contributed by atoms with Crippen molar-refractivity contribution in [1.82, 2.24) is 0 Å². The van der Waals surface area contributed by atoms with Gasteiger partial charge in [0, 0.05) is 61.7 Å². The van der Waals surface area contributed by atoms with Crippen molar-refractivity contribution in [2.24, 2.45) is 0 Å². The van der Waals surface area contributed by atoms with Gasteiger partial charge in [0.05, 0.1) is 0 Å². The second kappa shape index (κ2) is 32.6. The van der Waals surface area contributed by atoms with Gasteiger partial charge in [0.15, 0.2) is 0 Å². The molecule has 15 rings (SSSR count). The molecule has 3 nitrogen and oxygen atoms in total. The van der Waals surface area contributed by atoms with E-state index in [9.17, 15) is 0 Å². The molecule has 0 saturated carbocycles. The minimum atomic E-state index is -0.216. The molecule has 0 atom stereocenters. The number of hydrogen-bond acceptors (Lipinski definition) is 3. The smallest absolute Gasteiger partial charge is 0.0467 e. The van der Waals surface area contributed by atoms with Crippen LogP contribution in [0.2, 0.25) is 0 Å². The maximum Gasteiger partial charge on any atom is 0.0467 e. The fraction of sp³-hybridized carbons (Fsp3) is 0.308. The minimum absolute atomic E-state index is 0.142. The summed E-state index contributed by atoms with van der Waals surface area (Å²) in [5.41, 5.74) is 34.9. The maximum atomic E-state index is 3.86. The van der Waals surface area contributed by atoms with Crippen LogP contribution in [0.5, 0.6) is 0 Å². The van der Waals surface area contributed by atoms with Gasteiger partial charge in [-0.2, -0.15) is 0 Å². The standard InChI is InChI=1S/C104H111N3/c1-8-12-16-26-65-103(66-27-17-13-9-2)98-71-87(105-86-32-22-20-23-33-86)55-61-94(98)95-63-59-92(73-99(95)103)107(90-36-30-31-81(70-90)83-44-42-80-41-43-82(80)69-83)93-60-64-97-96-62-58-91(72-100(96)104(101(97)74-93,67-28-18-14-10-3)68-29-19-15-11-4)106(88-34-24-21-25-35-88)89-56-49-79(50-57-89)78-47-53-85(54-48-78)102(6,7)84-51-45-77(46-52-84)76-39-37-75(5)38-40-76/h20-25,30-40,42,44-64,69-74,105H,8-19,26-29,41,43,65-68H2,1-7H3. The first kappa shape index (κ1) is 72.6. The van der Waals surface area contributed by atoms with E-state index in [4.69, 9.17) is 0 Å². The summed E-state index contributed by atoms with van der Waals surface area (Å²) in [6, 6.07) is 106. The number of aryl methyl sites for hydroxylation is 3. The molecule has 3 aliphatic carbocycles. The normalized spacial score (nSPS) is 13.4. The van der Waals surface area contributed by atoms with E-state index in [0.29, 0.717) is 0 Å². The van der Waals surface area contributed by atoms with Crippen LogP contribution in [0.15, 0.2) is 273 Å². The van der Waals surface area contributed by atoms with Crippen molar-refractivity contribution >= 4 is 45.5 Å². The molecule has 12 aromatic rings. The largest absolute Gasteiger partial charge is 0.356 e. The Labute approximate surface area is 641 Å². The molecule has 542 valence electrons. The lowest BCUT2D eigenvalue weighted by Gasteiger charge is -2.36.